The quantitative estimate of drug-likeness (QED) is 0.196. The number of hydrogen-bond donors (Lipinski definition) is 2. The van der Waals surface area contributed by atoms with Crippen LogP contribution in [0.5, 0.6) is 5.75 Å². The summed E-state index contributed by atoms with van der Waals surface area (Å²) in [5, 5.41) is 14.2. The van der Waals surface area contributed by atoms with Crippen LogP contribution in [0.1, 0.15) is 62.4 Å². The minimum Gasteiger partial charge on any atom is -0.496 e. The molecule has 58 heavy (non-hydrogen) atoms. The number of para-hydroxylation sites is 1. The molecular weight excluding hydrogens is 744 g/mol. The number of alkyl halides is 1. The number of methoxy groups -OCH3 is 3. The number of nitrogens with one attached hydrogen (secondary N) is 1. The summed E-state index contributed by atoms with van der Waals surface area (Å²) in [6.07, 6.45) is 3.20. The normalized spacial score (nSPS) is 34.0. The molecule has 308 valence electrons. The number of hydrogen-bond acceptors (Lipinski definition) is 11. The summed E-state index contributed by atoms with van der Waals surface area (Å²) >= 11 is 0. The van der Waals surface area contributed by atoms with Gasteiger partial charge in [-0.25, -0.2) is 9.18 Å². The van der Waals surface area contributed by atoms with Crippen LogP contribution in [-0.2, 0) is 46.0 Å². The molecule has 6 aliphatic rings. The molecule has 9 rings (SSSR count). The zero-order valence-corrected chi connectivity index (χ0v) is 34.3. The molecule has 2 aromatic carbocycles. The molecule has 10 atom stereocenters. The van der Waals surface area contributed by atoms with Gasteiger partial charge < -0.3 is 33.9 Å². The van der Waals surface area contributed by atoms with E-state index >= 15 is 9.18 Å². The molecule has 1 aliphatic carbocycles. The Morgan fingerprint density at radius 1 is 1.07 bits per heavy atom. The van der Waals surface area contributed by atoms with Crippen LogP contribution in [0.4, 0.5) is 10.1 Å². The Labute approximate surface area is 337 Å². The Hall–Kier alpha value is -4.72. The highest BCUT2D eigenvalue weighted by molar-refractivity contribution is 5.95. The first kappa shape index (κ1) is 38.8. The summed E-state index contributed by atoms with van der Waals surface area (Å²) in [4.78, 5) is 52.6. The highest BCUT2D eigenvalue weighted by Crippen LogP contribution is 2.65. The van der Waals surface area contributed by atoms with Crippen molar-refractivity contribution in [2.45, 2.75) is 87.4 Å². The van der Waals surface area contributed by atoms with Gasteiger partial charge in [-0.1, -0.05) is 42.8 Å². The van der Waals surface area contributed by atoms with Crippen molar-refractivity contribution in [2.75, 3.05) is 59.5 Å². The second-order valence-corrected chi connectivity index (χ2v) is 17.2. The molecule has 3 unspecified atom stereocenters. The molecule has 1 spiro atoms. The van der Waals surface area contributed by atoms with E-state index in [0.717, 1.165) is 33.3 Å². The number of ether oxygens (including phenoxy) is 4. The number of aromatic amines is 1. The Balaban J connectivity index is 1.36. The Bertz CT molecular complexity index is 2290. The summed E-state index contributed by atoms with van der Waals surface area (Å²) in [5.41, 5.74) is 1.70. The van der Waals surface area contributed by atoms with E-state index < -0.39 is 58.6 Å². The maximum atomic E-state index is 15.2. The van der Waals surface area contributed by atoms with Gasteiger partial charge in [-0.2, -0.15) is 0 Å². The standard InChI is InChI=1S/C45H53FN4O8/c1-8-27-13-15-50-16-14-43-31-18-32(35(55-5)19-34(31)48(4)40(43)45(54,42(53)57-7)39(58-25(3)51)36(27)38(43)50)44(41(52)56-6)20-26-17-28(24(2)46)22-49(21-26)23-30-29-11-9-10-12-33(29)47-37(30)44/h9-13,17-19,24,26,36,38-40,47,54H,8,14-16,20-23H2,1-7H3/t24?,26-,36?,38+,39-,40-,43-,44+,45-/m1/s1. The van der Waals surface area contributed by atoms with E-state index in [0.29, 0.717) is 68.1 Å². The van der Waals surface area contributed by atoms with Gasteiger partial charge in [-0.15, -0.1) is 0 Å². The third kappa shape index (κ3) is 5.05. The molecule has 5 aliphatic heterocycles. The maximum Gasteiger partial charge on any atom is 0.344 e. The second-order valence-electron chi connectivity index (χ2n) is 17.2. The van der Waals surface area contributed by atoms with Crippen LogP contribution in [0, 0.1) is 11.8 Å². The molecule has 6 heterocycles. The third-order valence-electron chi connectivity index (χ3n) is 14.6. The average molecular weight is 797 g/mol. The van der Waals surface area contributed by atoms with E-state index in [1.807, 2.05) is 55.3 Å². The Morgan fingerprint density at radius 3 is 2.52 bits per heavy atom. The summed E-state index contributed by atoms with van der Waals surface area (Å²) in [5.74, 6) is -2.30. The largest absolute Gasteiger partial charge is 0.496 e. The molecule has 2 fully saturated rings. The highest BCUT2D eigenvalue weighted by Gasteiger charge is 2.77. The first-order chi connectivity index (χ1) is 27.8. The van der Waals surface area contributed by atoms with Crippen molar-refractivity contribution in [1.82, 2.24) is 14.8 Å². The molecule has 13 heteroatoms. The van der Waals surface area contributed by atoms with E-state index in [9.17, 15) is 14.7 Å². The van der Waals surface area contributed by atoms with Crippen molar-refractivity contribution in [1.29, 1.82) is 0 Å². The number of likely N-dealkylation sites (N-methyl/N-ethyl adjacent to an activating group) is 1. The Morgan fingerprint density at radius 2 is 1.83 bits per heavy atom. The number of esters is 3. The SMILES string of the molecule is CCC1=CCN2CC[C@]34c5cc([C@@]6(C(=O)OC)C[C@H]7C=C(C(C)F)CN(Cc8c6[nH]c6ccccc86)C7)c(OC)cc5N(C)[C@H]3[C@@](O)(C(=O)OC)[C@H](OC(C)=O)C1[C@H]24. The molecule has 1 saturated heterocycles. The first-order valence-electron chi connectivity index (χ1n) is 20.4. The monoisotopic (exact) mass is 796 g/mol. The molecule has 3 aromatic rings. The van der Waals surface area contributed by atoms with Gasteiger partial charge in [0.05, 0.1) is 27.4 Å². The van der Waals surface area contributed by atoms with Crippen molar-refractivity contribution in [3.05, 3.63) is 82.1 Å². The van der Waals surface area contributed by atoms with Crippen molar-refractivity contribution in [3.63, 3.8) is 0 Å². The van der Waals surface area contributed by atoms with E-state index in [4.69, 9.17) is 18.9 Å². The lowest BCUT2D eigenvalue weighted by atomic mass is 9.52. The average Bonchev–Trinajstić information content (AvgIpc) is 3.86. The fourth-order valence-corrected chi connectivity index (χ4v) is 12.5. The number of nitrogens with zero attached hydrogens (tertiary/aromatic N) is 3. The fourth-order valence-electron chi connectivity index (χ4n) is 12.5. The van der Waals surface area contributed by atoms with Gasteiger partial charge in [0, 0.05) is 91.4 Å². The molecule has 1 saturated carbocycles. The third-order valence-corrected chi connectivity index (χ3v) is 14.6. The zero-order valence-electron chi connectivity index (χ0n) is 34.3. The first-order valence-corrected chi connectivity index (χ1v) is 20.4. The summed E-state index contributed by atoms with van der Waals surface area (Å²) < 4.78 is 38.9. The van der Waals surface area contributed by atoms with Crippen LogP contribution in [0.15, 0.2) is 59.7 Å². The lowest BCUT2D eigenvalue weighted by Crippen LogP contribution is -2.78. The number of benzene rings is 2. The number of anilines is 1. The smallest absolute Gasteiger partial charge is 0.344 e. The van der Waals surface area contributed by atoms with Crippen LogP contribution < -0.4 is 9.64 Å². The molecule has 0 radical (unpaired) electrons. The van der Waals surface area contributed by atoms with Gasteiger partial charge in [0.15, 0.2) is 6.10 Å². The van der Waals surface area contributed by atoms with E-state index in [2.05, 4.69) is 26.9 Å². The van der Waals surface area contributed by atoms with Gasteiger partial charge in [-0.05, 0) is 67.5 Å². The summed E-state index contributed by atoms with van der Waals surface area (Å²) in [6.45, 7) is 7.80. The van der Waals surface area contributed by atoms with E-state index in [-0.39, 0.29) is 18.4 Å². The molecule has 12 nitrogen and oxygen atoms in total. The number of H-pyrrole nitrogens is 1. The van der Waals surface area contributed by atoms with Gasteiger partial charge >= 0.3 is 17.9 Å². The molecule has 2 N–H and O–H groups in total. The molecule has 1 aromatic heterocycles. The molecule has 2 bridgehead atoms. The Kier molecular flexibility index (Phi) is 9.14. The van der Waals surface area contributed by atoms with Gasteiger partial charge in [0.1, 0.15) is 17.3 Å². The van der Waals surface area contributed by atoms with E-state index in [1.54, 1.807) is 14.0 Å². The number of carbonyl (C=O) groups is 3. The van der Waals surface area contributed by atoms with Crippen LogP contribution >= 0.6 is 0 Å². The number of aromatic nitrogens is 1. The van der Waals surface area contributed by atoms with Crippen LogP contribution in [0.2, 0.25) is 0 Å². The zero-order chi connectivity index (χ0) is 41.1. The van der Waals surface area contributed by atoms with Gasteiger partial charge in [0.2, 0.25) is 5.60 Å². The van der Waals surface area contributed by atoms with Crippen molar-refractivity contribution >= 4 is 34.5 Å². The van der Waals surface area contributed by atoms with E-state index in [1.165, 1.54) is 21.1 Å². The highest BCUT2D eigenvalue weighted by atomic mass is 19.1. The number of carbonyl (C=O) groups excluding carboxylic acids is 3. The second kappa shape index (κ2) is 13.7. The predicted octanol–water partition coefficient (Wildman–Crippen LogP) is 4.70. The lowest BCUT2D eigenvalue weighted by molar-refractivity contribution is -0.212. The summed E-state index contributed by atoms with van der Waals surface area (Å²) in [6, 6.07) is 10.8. The topological polar surface area (TPSA) is 134 Å². The maximum absolute atomic E-state index is 15.2. The van der Waals surface area contributed by atoms with Crippen molar-refractivity contribution in [3.8, 4) is 5.75 Å². The number of fused-ring (bicyclic) bond motifs is 6. The van der Waals surface area contributed by atoms with Crippen molar-refractivity contribution in [2.24, 2.45) is 11.8 Å². The van der Waals surface area contributed by atoms with Crippen LogP contribution in [0.25, 0.3) is 10.9 Å². The minimum atomic E-state index is -2.29. The minimum absolute atomic E-state index is 0.224. The fraction of sp³-hybridized carbons (Fsp3) is 0.533. The number of rotatable bonds is 7. The molecule has 0 amide bonds. The van der Waals surface area contributed by atoms with Crippen LogP contribution in [0.3, 0.4) is 0 Å². The van der Waals surface area contributed by atoms with Crippen LogP contribution in [-0.4, -0.2) is 122 Å². The van der Waals surface area contributed by atoms with Gasteiger partial charge in [0.25, 0.3) is 0 Å². The number of aliphatic hydroxyl groups is 1. The lowest BCUT2D eigenvalue weighted by Gasteiger charge is -2.59. The predicted molar refractivity (Wildman–Crippen MR) is 214 cm³/mol. The molecular formula is C45H53FN4O8. The number of halogens is 1. The summed E-state index contributed by atoms with van der Waals surface area (Å²) in [7, 11) is 6.07. The van der Waals surface area contributed by atoms with Crippen molar-refractivity contribution < 1.29 is 42.8 Å². The van der Waals surface area contributed by atoms with Gasteiger partial charge in [-0.3, -0.25) is 19.4 Å².